The van der Waals surface area contributed by atoms with Crippen LogP contribution in [0.4, 0.5) is 0 Å². The van der Waals surface area contributed by atoms with Gasteiger partial charge < -0.3 is 14.2 Å². The number of carbonyl (C=O) groups is 2. The molecule has 1 fully saturated rings. The molecule has 0 amide bonds. The highest BCUT2D eigenvalue weighted by Gasteiger charge is 2.64. The van der Waals surface area contributed by atoms with Gasteiger partial charge in [0, 0.05) is 24.9 Å². The van der Waals surface area contributed by atoms with E-state index < -0.39 is 11.7 Å². The number of hydrogen-bond acceptors (Lipinski definition) is 5. The largest absolute Gasteiger partial charge is 0.463 e. The lowest BCUT2D eigenvalue weighted by molar-refractivity contribution is -0.159. The highest BCUT2D eigenvalue weighted by Crippen LogP contribution is 2.57. The zero-order valence-corrected chi connectivity index (χ0v) is 15.7. The van der Waals surface area contributed by atoms with Crippen LogP contribution in [0.5, 0.6) is 0 Å². The van der Waals surface area contributed by atoms with Gasteiger partial charge in [-0.05, 0) is 37.5 Å². The summed E-state index contributed by atoms with van der Waals surface area (Å²) in [6, 6.07) is 0. The van der Waals surface area contributed by atoms with Crippen LogP contribution in [0, 0.1) is 23.7 Å². The Morgan fingerprint density at radius 3 is 2.69 bits per heavy atom. The number of ketones is 1. The molecule has 4 aliphatic rings. The molecule has 4 rings (SSSR count). The highest BCUT2D eigenvalue weighted by atomic mass is 16.6. The Morgan fingerprint density at radius 1 is 1.19 bits per heavy atom. The third-order valence-corrected chi connectivity index (χ3v) is 6.41. The number of esters is 1. The average molecular weight is 358 g/mol. The fourth-order valence-electron chi connectivity index (χ4n) is 5.20. The Morgan fingerprint density at radius 2 is 1.96 bits per heavy atom. The van der Waals surface area contributed by atoms with E-state index in [9.17, 15) is 9.59 Å². The van der Waals surface area contributed by atoms with Crippen LogP contribution in [0.3, 0.4) is 0 Å². The van der Waals surface area contributed by atoms with E-state index in [-0.39, 0.29) is 41.5 Å². The molecule has 7 unspecified atom stereocenters. The quantitative estimate of drug-likeness (QED) is 0.533. The van der Waals surface area contributed by atoms with Crippen LogP contribution in [0.1, 0.15) is 27.2 Å². The van der Waals surface area contributed by atoms with E-state index in [0.717, 1.165) is 11.1 Å². The van der Waals surface area contributed by atoms with Gasteiger partial charge in [0.25, 0.3) is 0 Å². The van der Waals surface area contributed by atoms with E-state index in [1.54, 1.807) is 0 Å². The maximum Gasteiger partial charge on any atom is 0.335 e. The van der Waals surface area contributed by atoms with Gasteiger partial charge in [0.15, 0.2) is 11.9 Å². The van der Waals surface area contributed by atoms with E-state index in [0.29, 0.717) is 13.0 Å². The zero-order valence-electron chi connectivity index (χ0n) is 15.7. The molecule has 1 spiro atoms. The Labute approximate surface area is 154 Å². The van der Waals surface area contributed by atoms with Crippen molar-refractivity contribution in [2.45, 2.75) is 45.0 Å². The zero-order chi connectivity index (χ0) is 18.6. The number of carbonyl (C=O) groups excluding carboxylic acids is 2. The molecule has 2 aliphatic carbocycles. The summed E-state index contributed by atoms with van der Waals surface area (Å²) in [4.78, 5) is 25.5. The van der Waals surface area contributed by atoms with E-state index in [1.807, 2.05) is 26.8 Å². The van der Waals surface area contributed by atoms with Gasteiger partial charge in [0.05, 0.1) is 18.6 Å². The molecule has 0 aromatic carbocycles. The number of hydrogen-bond donors (Lipinski definition) is 0. The number of allylic oxidation sites excluding steroid dienone is 1. The minimum absolute atomic E-state index is 0.0437. The van der Waals surface area contributed by atoms with Crippen LogP contribution in [-0.2, 0) is 23.8 Å². The second-order valence-corrected chi connectivity index (χ2v) is 8.05. The average Bonchev–Trinajstić information content (AvgIpc) is 2.76. The lowest BCUT2D eigenvalue weighted by Gasteiger charge is -2.44. The minimum atomic E-state index is -0.710. The molecule has 0 aromatic rings. The molecule has 140 valence electrons. The number of methoxy groups -OCH3 is 1. The molecule has 5 nitrogen and oxygen atoms in total. The van der Waals surface area contributed by atoms with Crippen molar-refractivity contribution in [2.24, 2.45) is 23.7 Å². The van der Waals surface area contributed by atoms with Crippen LogP contribution in [-0.4, -0.2) is 43.3 Å². The van der Waals surface area contributed by atoms with Crippen molar-refractivity contribution in [3.8, 4) is 0 Å². The second kappa shape index (κ2) is 6.17. The molecule has 2 aliphatic heterocycles. The molecular formula is C21H26O5. The third-order valence-electron chi connectivity index (χ3n) is 6.41. The van der Waals surface area contributed by atoms with Crippen molar-refractivity contribution in [3.63, 3.8) is 0 Å². The lowest BCUT2D eigenvalue weighted by Crippen LogP contribution is -2.52. The predicted octanol–water partition coefficient (Wildman–Crippen LogP) is 2.62. The van der Waals surface area contributed by atoms with E-state index >= 15 is 0 Å². The fraction of sp³-hybridized carbons (Fsp3) is 0.619. The SMILES string of the molecule is COC1CC2C=CC3C4C=C(C)C(=O)C3C2(O4)C(C)=CC(C)COC1=O. The predicted molar refractivity (Wildman–Crippen MR) is 95.3 cm³/mol. The molecular weight excluding hydrogens is 332 g/mol. The van der Waals surface area contributed by atoms with Gasteiger partial charge in [-0.1, -0.05) is 25.2 Å². The monoisotopic (exact) mass is 358 g/mol. The van der Waals surface area contributed by atoms with Crippen LogP contribution in [0.25, 0.3) is 0 Å². The van der Waals surface area contributed by atoms with Crippen molar-refractivity contribution >= 4 is 11.8 Å². The van der Waals surface area contributed by atoms with Crippen LogP contribution < -0.4 is 0 Å². The van der Waals surface area contributed by atoms with Gasteiger partial charge in [0.1, 0.15) is 5.60 Å². The molecule has 2 heterocycles. The van der Waals surface area contributed by atoms with Crippen LogP contribution in [0.15, 0.2) is 35.5 Å². The minimum Gasteiger partial charge on any atom is -0.463 e. The number of rotatable bonds is 1. The summed E-state index contributed by atoms with van der Waals surface area (Å²) in [6.45, 7) is 6.23. The third kappa shape index (κ3) is 2.37. The maximum atomic E-state index is 13.1. The Bertz CT molecular complexity index is 733. The molecule has 0 N–H and O–H groups in total. The van der Waals surface area contributed by atoms with Gasteiger partial charge >= 0.3 is 5.97 Å². The molecule has 1 saturated heterocycles. The maximum absolute atomic E-state index is 13.1. The first-order valence-corrected chi connectivity index (χ1v) is 9.35. The summed E-state index contributed by atoms with van der Waals surface area (Å²) in [7, 11) is 1.52. The van der Waals surface area contributed by atoms with Crippen molar-refractivity contribution in [1.82, 2.24) is 0 Å². The van der Waals surface area contributed by atoms with Gasteiger partial charge in [-0.3, -0.25) is 4.79 Å². The summed E-state index contributed by atoms with van der Waals surface area (Å²) in [5.41, 5.74) is 1.13. The topological polar surface area (TPSA) is 61.8 Å². The molecule has 4 bridgehead atoms. The number of ether oxygens (including phenoxy) is 3. The summed E-state index contributed by atoms with van der Waals surface area (Å²) < 4.78 is 17.5. The van der Waals surface area contributed by atoms with Crippen molar-refractivity contribution in [3.05, 3.63) is 35.5 Å². The molecule has 7 atom stereocenters. The summed E-state index contributed by atoms with van der Waals surface area (Å²) in [6.07, 6.45) is 7.97. The van der Waals surface area contributed by atoms with Crippen LogP contribution in [0.2, 0.25) is 0 Å². The first-order valence-electron chi connectivity index (χ1n) is 9.35. The number of cyclic esters (lactones) is 1. The first-order chi connectivity index (χ1) is 12.4. The van der Waals surface area contributed by atoms with Crippen LogP contribution >= 0.6 is 0 Å². The number of Topliss-reactive ketones (excluding diaryl/α,β-unsaturated/α-hetero) is 1. The van der Waals surface area contributed by atoms with Crippen molar-refractivity contribution in [2.75, 3.05) is 13.7 Å². The van der Waals surface area contributed by atoms with Crippen molar-refractivity contribution < 1.29 is 23.8 Å². The standard InChI is InChI=1S/C21H26O5/c1-11-7-13(3)21-14(9-17(24-4)20(23)25-10-11)5-6-15-16(26-21)8-12(2)19(22)18(15)21/h5-8,11,14-18H,9-10H2,1-4H3. The van der Waals surface area contributed by atoms with Gasteiger partial charge in [-0.25, -0.2) is 4.79 Å². The summed E-state index contributed by atoms with van der Waals surface area (Å²) >= 11 is 0. The van der Waals surface area contributed by atoms with E-state index in [4.69, 9.17) is 14.2 Å². The van der Waals surface area contributed by atoms with Gasteiger partial charge in [-0.2, -0.15) is 0 Å². The normalized spacial score (nSPS) is 44.8. The second-order valence-electron chi connectivity index (χ2n) is 8.05. The van der Waals surface area contributed by atoms with Crippen molar-refractivity contribution in [1.29, 1.82) is 0 Å². The molecule has 26 heavy (non-hydrogen) atoms. The molecule has 0 aromatic heterocycles. The molecule has 0 radical (unpaired) electrons. The van der Waals surface area contributed by atoms with E-state index in [1.165, 1.54) is 7.11 Å². The van der Waals surface area contributed by atoms with E-state index in [2.05, 4.69) is 18.2 Å². The molecule has 0 saturated carbocycles. The smallest absolute Gasteiger partial charge is 0.335 e. The van der Waals surface area contributed by atoms with Gasteiger partial charge in [0.2, 0.25) is 0 Å². The fourth-order valence-corrected chi connectivity index (χ4v) is 5.20. The highest BCUT2D eigenvalue weighted by molar-refractivity contribution is 6.00. The summed E-state index contributed by atoms with van der Waals surface area (Å²) in [5, 5.41) is 0. The Hall–Kier alpha value is -1.72. The van der Waals surface area contributed by atoms with Gasteiger partial charge in [-0.15, -0.1) is 0 Å². The first kappa shape index (κ1) is 17.7. The molecule has 5 heteroatoms. The Kier molecular flexibility index (Phi) is 4.20. The summed E-state index contributed by atoms with van der Waals surface area (Å²) in [5.74, 6) is -0.425. The Balaban J connectivity index is 1.86. The lowest BCUT2D eigenvalue weighted by atomic mass is 9.60.